The Kier molecular flexibility index (Phi) is 7.88. The van der Waals surface area contributed by atoms with Gasteiger partial charge in [-0.05, 0) is 65.5 Å². The Morgan fingerprint density at radius 2 is 1.38 bits per heavy atom. The highest BCUT2D eigenvalue weighted by Gasteiger charge is 2.30. The fourth-order valence-electron chi connectivity index (χ4n) is 3.67. The number of carboxylic acids is 1. The number of benzene rings is 2. The van der Waals surface area contributed by atoms with E-state index in [1.54, 1.807) is 24.3 Å². The summed E-state index contributed by atoms with van der Waals surface area (Å²) in [6.45, 7) is 15.3. The molecule has 186 valence electrons. The van der Waals surface area contributed by atoms with Crippen molar-refractivity contribution in [3.05, 3.63) is 58.7 Å². The summed E-state index contributed by atoms with van der Waals surface area (Å²) in [4.78, 5) is 24.1. The summed E-state index contributed by atoms with van der Waals surface area (Å²) in [5.41, 5.74) is 7.76. The number of phenolic OH excluding ortho intramolecular Hbond substituents is 1. The predicted molar refractivity (Wildman–Crippen MR) is 135 cm³/mol. The van der Waals surface area contributed by atoms with Crippen LogP contribution in [-0.4, -0.2) is 27.6 Å². The first-order valence-corrected chi connectivity index (χ1v) is 11.6. The molecule has 0 radical (unpaired) electrons. The van der Waals surface area contributed by atoms with Gasteiger partial charge in [-0.15, -0.1) is 0 Å². The fraction of sp³-hybridized carbons (Fsp3) is 0.500. The summed E-state index contributed by atoms with van der Waals surface area (Å²) in [5, 5.41) is 20.1. The van der Waals surface area contributed by atoms with E-state index in [4.69, 9.17) is 10.5 Å². The molecule has 0 aliphatic rings. The lowest BCUT2D eigenvalue weighted by atomic mass is 9.78. The van der Waals surface area contributed by atoms with Crippen molar-refractivity contribution in [3.8, 4) is 11.5 Å². The van der Waals surface area contributed by atoms with Crippen molar-refractivity contribution in [2.45, 2.75) is 90.7 Å². The van der Waals surface area contributed by atoms with E-state index in [2.05, 4.69) is 41.5 Å². The van der Waals surface area contributed by atoms with E-state index >= 15 is 0 Å². The minimum absolute atomic E-state index is 0.0952. The summed E-state index contributed by atoms with van der Waals surface area (Å²) in [6.07, 6.45) is 0.788. The number of nitrogens with two attached hydrogens (primary N) is 1. The first-order chi connectivity index (χ1) is 15.4. The van der Waals surface area contributed by atoms with Gasteiger partial charge in [-0.3, -0.25) is 4.79 Å². The summed E-state index contributed by atoms with van der Waals surface area (Å²) in [7, 11) is 0. The lowest BCUT2D eigenvalue weighted by Crippen LogP contribution is -2.37. The van der Waals surface area contributed by atoms with E-state index in [1.165, 1.54) is 13.8 Å². The lowest BCUT2D eigenvalue weighted by Gasteiger charge is -2.28. The quantitative estimate of drug-likeness (QED) is 0.475. The number of ketones is 1. The molecule has 0 aromatic heterocycles. The maximum atomic E-state index is 12.9. The number of phenols is 1. The molecule has 4 N–H and O–H groups in total. The van der Waals surface area contributed by atoms with Gasteiger partial charge >= 0.3 is 5.97 Å². The van der Waals surface area contributed by atoms with Gasteiger partial charge in [0.1, 0.15) is 11.5 Å². The number of carbonyl (C=O) groups excluding carboxylic acids is 1. The third-order valence-electron chi connectivity index (χ3n) is 5.92. The van der Waals surface area contributed by atoms with E-state index in [0.29, 0.717) is 23.5 Å². The van der Waals surface area contributed by atoms with Crippen LogP contribution < -0.4 is 10.5 Å². The van der Waals surface area contributed by atoms with Crippen molar-refractivity contribution in [3.63, 3.8) is 0 Å². The Bertz CT molecular complexity index is 1000. The zero-order valence-electron chi connectivity index (χ0n) is 21.7. The predicted octanol–water partition coefficient (Wildman–Crippen LogP) is 5.43. The second-order valence-electron chi connectivity index (χ2n) is 11.5. The molecule has 0 saturated carbocycles. The summed E-state index contributed by atoms with van der Waals surface area (Å²) < 4.78 is 5.50. The molecule has 0 bridgehead atoms. The molecule has 2 aromatic rings. The van der Waals surface area contributed by atoms with Crippen molar-refractivity contribution >= 4 is 11.8 Å². The molecule has 0 heterocycles. The maximum Gasteiger partial charge on any atom is 0.347 e. The molecule has 6 nitrogen and oxygen atoms in total. The van der Waals surface area contributed by atoms with Crippen LogP contribution in [0.5, 0.6) is 11.5 Å². The maximum absolute atomic E-state index is 12.9. The van der Waals surface area contributed by atoms with Crippen LogP contribution in [0.1, 0.15) is 90.1 Å². The number of rotatable bonds is 8. The average molecular weight is 470 g/mol. The molecule has 6 heteroatoms. The van der Waals surface area contributed by atoms with Crippen molar-refractivity contribution in [2.24, 2.45) is 5.73 Å². The molecule has 1 atom stereocenters. The molecular formula is C28H39NO5. The highest BCUT2D eigenvalue weighted by Crippen LogP contribution is 2.40. The molecular weight excluding hydrogens is 430 g/mol. The normalized spacial score (nSPS) is 13.4. The number of hydrogen-bond acceptors (Lipinski definition) is 5. The SMILES string of the molecule is CC(C)(Oc1ccc(C(N)C(=O)CCc2cc(C(C)(C)C)c(O)c(C(C)(C)C)c2)cc1)C(=O)O. The lowest BCUT2D eigenvalue weighted by molar-refractivity contribution is -0.152. The minimum atomic E-state index is -1.36. The molecule has 0 aliphatic heterocycles. The first kappa shape index (κ1) is 27.4. The Hall–Kier alpha value is -2.86. The zero-order chi connectivity index (χ0) is 26.1. The minimum Gasteiger partial charge on any atom is -0.507 e. The van der Waals surface area contributed by atoms with Gasteiger partial charge < -0.3 is 20.7 Å². The Balaban J connectivity index is 2.17. The second-order valence-corrected chi connectivity index (χ2v) is 11.5. The number of hydrogen-bond donors (Lipinski definition) is 3. The topological polar surface area (TPSA) is 110 Å². The highest BCUT2D eigenvalue weighted by atomic mass is 16.5. The monoisotopic (exact) mass is 469 g/mol. The van der Waals surface area contributed by atoms with Crippen LogP contribution >= 0.6 is 0 Å². The van der Waals surface area contributed by atoms with Crippen LogP contribution in [-0.2, 0) is 26.8 Å². The van der Waals surface area contributed by atoms with Crippen molar-refractivity contribution < 1.29 is 24.5 Å². The van der Waals surface area contributed by atoms with E-state index < -0.39 is 17.6 Å². The second kappa shape index (κ2) is 9.79. The molecule has 2 aromatic carbocycles. The molecule has 0 fully saturated rings. The van der Waals surface area contributed by atoms with Gasteiger partial charge in [0.05, 0.1) is 6.04 Å². The largest absolute Gasteiger partial charge is 0.507 e. The number of carboxylic acid groups (broad SMARTS) is 1. The van der Waals surface area contributed by atoms with Gasteiger partial charge in [0.2, 0.25) is 0 Å². The van der Waals surface area contributed by atoms with Gasteiger partial charge in [-0.25, -0.2) is 4.79 Å². The zero-order valence-corrected chi connectivity index (χ0v) is 21.7. The number of ether oxygens (including phenoxy) is 1. The molecule has 0 aliphatic carbocycles. The molecule has 0 spiro atoms. The average Bonchev–Trinajstić information content (AvgIpc) is 2.70. The van der Waals surface area contributed by atoms with Crippen LogP contribution in [0.3, 0.4) is 0 Å². The van der Waals surface area contributed by atoms with Gasteiger partial charge in [-0.2, -0.15) is 0 Å². The first-order valence-electron chi connectivity index (χ1n) is 11.6. The van der Waals surface area contributed by atoms with E-state index in [0.717, 1.165) is 16.7 Å². The molecule has 0 saturated heterocycles. The number of aromatic hydroxyl groups is 1. The van der Waals surface area contributed by atoms with Crippen LogP contribution in [0.4, 0.5) is 0 Å². The molecule has 0 amide bonds. The molecule has 1 unspecified atom stereocenters. The van der Waals surface area contributed by atoms with Crippen LogP contribution in [0.2, 0.25) is 0 Å². The molecule has 34 heavy (non-hydrogen) atoms. The Morgan fingerprint density at radius 1 is 0.912 bits per heavy atom. The number of aryl methyl sites for hydroxylation is 1. The van der Waals surface area contributed by atoms with Gasteiger partial charge in [0, 0.05) is 6.42 Å². The summed E-state index contributed by atoms with van der Waals surface area (Å²) in [5.74, 6) is -0.450. The third kappa shape index (κ3) is 6.60. The number of aliphatic carboxylic acids is 1. The van der Waals surface area contributed by atoms with E-state index in [-0.39, 0.29) is 23.0 Å². The van der Waals surface area contributed by atoms with E-state index in [1.807, 2.05) is 12.1 Å². The standard InChI is InChI=1S/C28H39NO5/c1-26(2,3)20-15-17(16-21(24(20)31)27(4,5)6)9-14-22(30)23(29)18-10-12-19(13-11-18)34-28(7,8)25(32)33/h10-13,15-16,23,31H,9,14,29H2,1-8H3,(H,32,33). The van der Waals surface area contributed by atoms with Gasteiger partial charge in [-0.1, -0.05) is 65.8 Å². The van der Waals surface area contributed by atoms with Crippen LogP contribution in [0, 0.1) is 0 Å². The number of Topliss-reactive ketones (excluding diaryl/α,β-unsaturated/α-hetero) is 1. The van der Waals surface area contributed by atoms with Gasteiger partial charge in [0.25, 0.3) is 0 Å². The van der Waals surface area contributed by atoms with Crippen molar-refractivity contribution in [1.29, 1.82) is 0 Å². The third-order valence-corrected chi connectivity index (χ3v) is 5.92. The Labute approximate surface area is 203 Å². The highest BCUT2D eigenvalue weighted by molar-refractivity contribution is 5.85. The summed E-state index contributed by atoms with van der Waals surface area (Å²) in [6, 6.07) is 9.80. The van der Waals surface area contributed by atoms with Crippen LogP contribution in [0.15, 0.2) is 36.4 Å². The summed E-state index contributed by atoms with van der Waals surface area (Å²) >= 11 is 0. The fourth-order valence-corrected chi connectivity index (χ4v) is 3.67. The van der Waals surface area contributed by atoms with E-state index in [9.17, 15) is 19.8 Å². The smallest absolute Gasteiger partial charge is 0.347 e. The van der Waals surface area contributed by atoms with Gasteiger partial charge in [0.15, 0.2) is 11.4 Å². The molecule has 2 rings (SSSR count). The van der Waals surface area contributed by atoms with Crippen LogP contribution in [0.25, 0.3) is 0 Å². The number of carbonyl (C=O) groups is 2. The van der Waals surface area contributed by atoms with Crippen molar-refractivity contribution in [1.82, 2.24) is 0 Å². The Morgan fingerprint density at radius 3 is 1.79 bits per heavy atom. The van der Waals surface area contributed by atoms with Crippen molar-refractivity contribution in [2.75, 3.05) is 0 Å².